The Labute approximate surface area is 107 Å². The fraction of sp³-hybridized carbons (Fsp3) is 0.750. The average Bonchev–Trinajstić information content (AvgIpc) is 2.36. The van der Waals surface area contributed by atoms with Crippen molar-refractivity contribution in [3.8, 4) is 0 Å². The van der Waals surface area contributed by atoms with Gasteiger partial charge in [0.25, 0.3) is 0 Å². The first kappa shape index (κ1) is 14.5. The summed E-state index contributed by atoms with van der Waals surface area (Å²) < 4.78 is 0. The third-order valence-corrected chi connectivity index (χ3v) is 3.38. The van der Waals surface area contributed by atoms with Crippen LogP contribution < -0.4 is 10.6 Å². The molecule has 1 heterocycles. The van der Waals surface area contributed by atoms with Crippen LogP contribution in [-0.4, -0.2) is 42.1 Å². The minimum atomic E-state index is -0.673. The van der Waals surface area contributed by atoms with Crippen molar-refractivity contribution < 1.29 is 9.90 Å². The molecule has 4 nitrogen and oxygen atoms in total. The van der Waals surface area contributed by atoms with E-state index in [1.54, 1.807) is 0 Å². The highest BCUT2D eigenvalue weighted by atomic mass is 35.5. The number of hydrogen-bond donors (Lipinski definition) is 3. The number of aliphatic hydroxyl groups excluding tert-OH is 1. The predicted octanol–water partition coefficient (Wildman–Crippen LogP) is 0.647. The van der Waals surface area contributed by atoms with E-state index in [1.807, 2.05) is 6.08 Å². The summed E-state index contributed by atoms with van der Waals surface area (Å²) in [5.74, 6) is 0.614. The molecule has 0 aromatic rings. The normalized spacial score (nSPS) is 26.2. The van der Waals surface area contributed by atoms with Gasteiger partial charge < -0.3 is 15.7 Å². The SMILES string of the molecule is C=CCC1CCNC(C(=O)NC[C@H](O)CCl)C1. The molecule has 1 aliphatic rings. The second kappa shape index (κ2) is 7.69. The quantitative estimate of drug-likeness (QED) is 0.485. The molecule has 1 amide bonds. The third kappa shape index (κ3) is 5.06. The first-order chi connectivity index (χ1) is 8.17. The van der Waals surface area contributed by atoms with Gasteiger partial charge in [-0.2, -0.15) is 0 Å². The Bertz CT molecular complexity index is 261. The zero-order chi connectivity index (χ0) is 12.7. The monoisotopic (exact) mass is 260 g/mol. The van der Waals surface area contributed by atoms with Crippen molar-refractivity contribution in [2.24, 2.45) is 5.92 Å². The van der Waals surface area contributed by atoms with E-state index in [9.17, 15) is 9.90 Å². The van der Waals surface area contributed by atoms with Crippen LogP contribution in [0, 0.1) is 5.92 Å². The maximum absolute atomic E-state index is 11.8. The number of rotatable bonds is 6. The van der Waals surface area contributed by atoms with E-state index in [-0.39, 0.29) is 24.4 Å². The van der Waals surface area contributed by atoms with Crippen molar-refractivity contribution in [1.29, 1.82) is 0 Å². The largest absolute Gasteiger partial charge is 0.390 e. The van der Waals surface area contributed by atoms with Gasteiger partial charge in [0, 0.05) is 6.54 Å². The number of aliphatic hydroxyl groups is 1. The number of halogens is 1. The summed E-state index contributed by atoms with van der Waals surface area (Å²) in [4.78, 5) is 11.8. The van der Waals surface area contributed by atoms with Crippen LogP contribution in [0.1, 0.15) is 19.3 Å². The molecule has 0 aliphatic carbocycles. The molecule has 1 fully saturated rings. The maximum atomic E-state index is 11.8. The minimum absolute atomic E-state index is 0.0528. The van der Waals surface area contributed by atoms with Gasteiger partial charge in [-0.25, -0.2) is 0 Å². The van der Waals surface area contributed by atoms with Gasteiger partial charge in [0.05, 0.1) is 18.0 Å². The lowest BCUT2D eigenvalue weighted by molar-refractivity contribution is -0.124. The summed E-state index contributed by atoms with van der Waals surface area (Å²) in [6, 6.07) is -0.156. The Balaban J connectivity index is 2.32. The molecule has 2 unspecified atom stereocenters. The second-order valence-electron chi connectivity index (χ2n) is 4.47. The van der Waals surface area contributed by atoms with E-state index >= 15 is 0 Å². The summed E-state index contributed by atoms with van der Waals surface area (Å²) in [7, 11) is 0. The van der Waals surface area contributed by atoms with Crippen LogP contribution in [0.4, 0.5) is 0 Å². The Morgan fingerprint density at radius 3 is 3.12 bits per heavy atom. The molecule has 0 aromatic heterocycles. The lowest BCUT2D eigenvalue weighted by atomic mass is 9.89. The summed E-state index contributed by atoms with van der Waals surface area (Å²) in [5.41, 5.74) is 0. The van der Waals surface area contributed by atoms with E-state index in [0.29, 0.717) is 5.92 Å². The van der Waals surface area contributed by atoms with E-state index in [2.05, 4.69) is 17.2 Å². The van der Waals surface area contributed by atoms with E-state index in [1.165, 1.54) is 0 Å². The molecule has 98 valence electrons. The molecule has 5 heteroatoms. The number of carbonyl (C=O) groups excluding carboxylic acids is 1. The lowest BCUT2D eigenvalue weighted by Crippen LogP contribution is -2.50. The lowest BCUT2D eigenvalue weighted by Gasteiger charge is -2.29. The summed E-state index contributed by atoms with van der Waals surface area (Å²) in [6.45, 7) is 4.80. The van der Waals surface area contributed by atoms with Crippen LogP contribution in [0.3, 0.4) is 0 Å². The molecule has 1 aliphatic heterocycles. The molecule has 0 aromatic carbocycles. The fourth-order valence-corrected chi connectivity index (χ4v) is 2.15. The van der Waals surface area contributed by atoms with Crippen molar-refractivity contribution in [3.05, 3.63) is 12.7 Å². The van der Waals surface area contributed by atoms with Gasteiger partial charge in [0.2, 0.25) is 5.91 Å². The first-order valence-corrected chi connectivity index (χ1v) is 6.56. The van der Waals surface area contributed by atoms with Gasteiger partial charge in [-0.1, -0.05) is 6.08 Å². The first-order valence-electron chi connectivity index (χ1n) is 6.03. The molecule has 1 saturated heterocycles. The summed E-state index contributed by atoms with van der Waals surface area (Å²) in [5, 5.41) is 15.2. The minimum Gasteiger partial charge on any atom is -0.390 e. The highest BCUT2D eigenvalue weighted by Crippen LogP contribution is 2.20. The van der Waals surface area contributed by atoms with Crippen LogP contribution in [0.2, 0.25) is 0 Å². The Morgan fingerprint density at radius 1 is 1.71 bits per heavy atom. The molecule has 0 spiro atoms. The highest BCUT2D eigenvalue weighted by Gasteiger charge is 2.26. The number of piperidine rings is 1. The van der Waals surface area contributed by atoms with Crippen molar-refractivity contribution in [2.75, 3.05) is 19.0 Å². The van der Waals surface area contributed by atoms with Crippen LogP contribution in [0.5, 0.6) is 0 Å². The second-order valence-corrected chi connectivity index (χ2v) is 4.78. The van der Waals surface area contributed by atoms with Crippen LogP contribution in [0.15, 0.2) is 12.7 Å². The third-order valence-electron chi connectivity index (χ3n) is 3.02. The molecule has 3 N–H and O–H groups in total. The van der Waals surface area contributed by atoms with Crippen LogP contribution in [0.25, 0.3) is 0 Å². The Hall–Kier alpha value is -0.580. The number of amides is 1. The number of allylic oxidation sites excluding steroid dienone is 1. The summed E-state index contributed by atoms with van der Waals surface area (Å²) in [6.07, 6.45) is 4.10. The van der Waals surface area contributed by atoms with E-state index in [0.717, 1.165) is 25.8 Å². The van der Waals surface area contributed by atoms with Gasteiger partial charge in [0.1, 0.15) is 0 Å². The molecular weight excluding hydrogens is 240 g/mol. The van der Waals surface area contributed by atoms with E-state index < -0.39 is 6.10 Å². The number of hydrogen-bond acceptors (Lipinski definition) is 3. The smallest absolute Gasteiger partial charge is 0.237 e. The van der Waals surface area contributed by atoms with Gasteiger partial charge in [-0.15, -0.1) is 18.2 Å². The van der Waals surface area contributed by atoms with Crippen LogP contribution >= 0.6 is 11.6 Å². The van der Waals surface area contributed by atoms with Crippen molar-refractivity contribution in [3.63, 3.8) is 0 Å². The van der Waals surface area contributed by atoms with Crippen molar-refractivity contribution >= 4 is 17.5 Å². The van der Waals surface area contributed by atoms with Gasteiger partial charge in [0.15, 0.2) is 0 Å². The van der Waals surface area contributed by atoms with Crippen LogP contribution in [-0.2, 0) is 4.79 Å². The number of carbonyl (C=O) groups is 1. The zero-order valence-corrected chi connectivity index (χ0v) is 10.7. The number of alkyl halides is 1. The predicted molar refractivity (Wildman–Crippen MR) is 69.1 cm³/mol. The number of nitrogens with one attached hydrogen (secondary N) is 2. The Morgan fingerprint density at radius 2 is 2.47 bits per heavy atom. The van der Waals surface area contributed by atoms with Gasteiger partial charge in [-0.3, -0.25) is 4.79 Å². The fourth-order valence-electron chi connectivity index (χ4n) is 2.04. The summed E-state index contributed by atoms with van der Waals surface area (Å²) >= 11 is 5.46. The molecule has 0 radical (unpaired) electrons. The zero-order valence-electron chi connectivity index (χ0n) is 9.99. The molecule has 1 rings (SSSR count). The molecule has 0 saturated carbocycles. The molecule has 3 atom stereocenters. The van der Waals surface area contributed by atoms with Crippen molar-refractivity contribution in [1.82, 2.24) is 10.6 Å². The van der Waals surface area contributed by atoms with Gasteiger partial charge >= 0.3 is 0 Å². The highest BCUT2D eigenvalue weighted by molar-refractivity contribution is 6.18. The topological polar surface area (TPSA) is 61.4 Å². The molecule has 0 bridgehead atoms. The Kier molecular flexibility index (Phi) is 6.55. The van der Waals surface area contributed by atoms with E-state index in [4.69, 9.17) is 11.6 Å². The van der Waals surface area contributed by atoms with Crippen molar-refractivity contribution in [2.45, 2.75) is 31.4 Å². The maximum Gasteiger partial charge on any atom is 0.237 e. The average molecular weight is 261 g/mol. The molecular formula is C12H21ClN2O2. The van der Waals surface area contributed by atoms with Gasteiger partial charge in [-0.05, 0) is 31.7 Å². The molecule has 17 heavy (non-hydrogen) atoms. The standard InChI is InChI=1S/C12H21ClN2O2/c1-2-3-9-4-5-14-11(6-9)12(17)15-8-10(16)7-13/h2,9-11,14,16H,1,3-8H2,(H,15,17)/t9?,10-,11?/m1/s1.